The quantitative estimate of drug-likeness (QED) is 0.548. The molecule has 0 spiro atoms. The van der Waals surface area contributed by atoms with Crippen LogP contribution in [0.25, 0.3) is 10.9 Å². The first-order valence-corrected chi connectivity index (χ1v) is 6.08. The summed E-state index contributed by atoms with van der Waals surface area (Å²) in [7, 11) is 1.44. The molecule has 0 aliphatic heterocycles. The molecular formula is C13H12N6O2. The van der Waals surface area contributed by atoms with Gasteiger partial charge >= 0.3 is 12.0 Å². The molecule has 8 nitrogen and oxygen atoms in total. The van der Waals surface area contributed by atoms with E-state index in [2.05, 4.69) is 25.4 Å². The number of methoxy groups -OCH3 is 1. The van der Waals surface area contributed by atoms with Gasteiger partial charge in [-0.1, -0.05) is 18.2 Å². The van der Waals surface area contributed by atoms with Gasteiger partial charge in [0.05, 0.1) is 7.11 Å². The molecule has 3 aromatic rings. The Morgan fingerprint density at radius 2 is 1.86 bits per heavy atom. The van der Waals surface area contributed by atoms with E-state index in [1.165, 1.54) is 7.11 Å². The predicted octanol–water partition coefficient (Wildman–Crippen LogP) is 1.51. The Kier molecular flexibility index (Phi) is 3.44. The van der Waals surface area contributed by atoms with E-state index >= 15 is 0 Å². The second-order valence-electron chi connectivity index (χ2n) is 4.01. The Hall–Kier alpha value is -3.00. The fourth-order valence-corrected chi connectivity index (χ4v) is 1.80. The van der Waals surface area contributed by atoms with Crippen LogP contribution in [0.1, 0.15) is 0 Å². The fourth-order valence-electron chi connectivity index (χ4n) is 1.80. The Morgan fingerprint density at radius 3 is 2.67 bits per heavy atom. The molecule has 2 heterocycles. The summed E-state index contributed by atoms with van der Waals surface area (Å²) in [5.74, 6) is 5.98. The van der Waals surface area contributed by atoms with E-state index in [1.54, 1.807) is 12.3 Å². The van der Waals surface area contributed by atoms with Gasteiger partial charge in [0.1, 0.15) is 5.52 Å². The number of pyridine rings is 1. The largest absolute Gasteiger partial charge is 0.467 e. The fraction of sp³-hybridized carbons (Fsp3) is 0.0769. The lowest BCUT2D eigenvalue weighted by Crippen LogP contribution is -2.12. The molecule has 0 saturated carbocycles. The first-order valence-electron chi connectivity index (χ1n) is 6.08. The minimum Gasteiger partial charge on any atom is -0.467 e. The molecule has 21 heavy (non-hydrogen) atoms. The lowest BCUT2D eigenvalue weighted by molar-refractivity contribution is 0.361. The van der Waals surface area contributed by atoms with E-state index < -0.39 is 0 Å². The van der Waals surface area contributed by atoms with Crippen LogP contribution in [0.3, 0.4) is 0 Å². The first-order chi connectivity index (χ1) is 10.3. The molecule has 0 aliphatic carbocycles. The topological polar surface area (TPSA) is 108 Å². The zero-order valence-corrected chi connectivity index (χ0v) is 11.1. The van der Waals surface area contributed by atoms with Crippen LogP contribution in [-0.2, 0) is 0 Å². The number of para-hydroxylation sites is 1. The Bertz CT molecular complexity index is 752. The van der Waals surface area contributed by atoms with Crippen LogP contribution in [0.2, 0.25) is 0 Å². The second kappa shape index (κ2) is 5.55. The van der Waals surface area contributed by atoms with Gasteiger partial charge in [-0.15, -0.1) is 4.98 Å². The van der Waals surface area contributed by atoms with Gasteiger partial charge < -0.3 is 9.47 Å². The number of rotatable bonds is 4. The van der Waals surface area contributed by atoms with Crippen molar-refractivity contribution < 1.29 is 9.47 Å². The summed E-state index contributed by atoms with van der Waals surface area (Å²) in [6.07, 6.45) is 1.69. The summed E-state index contributed by atoms with van der Waals surface area (Å²) >= 11 is 0. The van der Waals surface area contributed by atoms with Gasteiger partial charge in [0, 0.05) is 11.6 Å². The van der Waals surface area contributed by atoms with Gasteiger partial charge in [-0.25, -0.2) is 5.84 Å². The molecule has 0 saturated heterocycles. The average molecular weight is 284 g/mol. The Labute approximate surface area is 120 Å². The van der Waals surface area contributed by atoms with Crippen LogP contribution in [0.5, 0.6) is 17.8 Å². The maximum Gasteiger partial charge on any atom is 0.330 e. The van der Waals surface area contributed by atoms with Crippen LogP contribution in [-0.4, -0.2) is 27.0 Å². The van der Waals surface area contributed by atoms with Gasteiger partial charge in [0.2, 0.25) is 5.95 Å². The summed E-state index contributed by atoms with van der Waals surface area (Å²) in [5, 5.41) is 0.952. The van der Waals surface area contributed by atoms with E-state index in [-0.39, 0.29) is 18.0 Å². The summed E-state index contributed by atoms with van der Waals surface area (Å²) < 4.78 is 10.6. The number of hydrogen-bond donors (Lipinski definition) is 2. The Morgan fingerprint density at radius 1 is 1.05 bits per heavy atom. The van der Waals surface area contributed by atoms with Gasteiger partial charge in [0.25, 0.3) is 0 Å². The van der Waals surface area contributed by atoms with Crippen molar-refractivity contribution in [3.05, 3.63) is 36.5 Å². The van der Waals surface area contributed by atoms with Crippen molar-refractivity contribution in [3.63, 3.8) is 0 Å². The van der Waals surface area contributed by atoms with Crippen LogP contribution in [0.4, 0.5) is 5.95 Å². The van der Waals surface area contributed by atoms with Crippen LogP contribution in [0.15, 0.2) is 36.5 Å². The molecule has 3 N–H and O–H groups in total. The van der Waals surface area contributed by atoms with E-state index in [0.29, 0.717) is 11.3 Å². The molecule has 0 amide bonds. The normalized spacial score (nSPS) is 10.4. The minimum absolute atomic E-state index is 0.0629. The number of hydrazine groups is 1. The van der Waals surface area contributed by atoms with Crippen molar-refractivity contribution in [2.75, 3.05) is 12.5 Å². The molecule has 0 bridgehead atoms. The average Bonchev–Trinajstić information content (AvgIpc) is 2.55. The number of ether oxygens (including phenoxy) is 2. The molecule has 0 aliphatic rings. The van der Waals surface area contributed by atoms with Crippen LogP contribution >= 0.6 is 0 Å². The van der Waals surface area contributed by atoms with E-state index in [9.17, 15) is 0 Å². The number of benzene rings is 1. The number of nitrogens with zero attached hydrogens (tertiary/aromatic N) is 4. The van der Waals surface area contributed by atoms with Crippen molar-refractivity contribution in [3.8, 4) is 17.8 Å². The number of nitrogen functional groups attached to an aromatic ring is 1. The smallest absolute Gasteiger partial charge is 0.330 e. The van der Waals surface area contributed by atoms with E-state index in [1.807, 2.05) is 24.3 Å². The van der Waals surface area contributed by atoms with Crippen molar-refractivity contribution in [1.29, 1.82) is 0 Å². The highest BCUT2D eigenvalue weighted by atomic mass is 16.5. The number of nitrogens with one attached hydrogen (secondary N) is 1. The third-order valence-corrected chi connectivity index (χ3v) is 2.70. The summed E-state index contributed by atoms with van der Waals surface area (Å²) in [4.78, 5) is 16.2. The molecular weight excluding hydrogens is 272 g/mol. The number of aromatic nitrogens is 4. The molecule has 1 aromatic carbocycles. The van der Waals surface area contributed by atoms with Gasteiger partial charge in [-0.3, -0.25) is 10.4 Å². The molecule has 0 unspecified atom stereocenters. The monoisotopic (exact) mass is 284 g/mol. The zero-order chi connectivity index (χ0) is 14.7. The van der Waals surface area contributed by atoms with Gasteiger partial charge in [-0.05, 0) is 12.1 Å². The SMILES string of the molecule is COc1nc(NN)nc(Oc2cccc3cccnc23)n1. The molecule has 0 radical (unpaired) electrons. The van der Waals surface area contributed by atoms with Crippen LogP contribution in [0, 0.1) is 0 Å². The molecule has 2 aromatic heterocycles. The standard InChI is InChI=1S/C13H12N6O2/c1-20-12-16-11(19-14)17-13(18-12)21-9-6-2-4-8-5-3-7-15-10(8)9/h2-7H,14H2,1H3,(H,16,17,18,19). The lowest BCUT2D eigenvalue weighted by atomic mass is 10.2. The maximum atomic E-state index is 5.68. The number of hydrogen-bond acceptors (Lipinski definition) is 8. The Balaban J connectivity index is 2.02. The van der Waals surface area contributed by atoms with Gasteiger partial charge in [0.15, 0.2) is 5.75 Å². The number of anilines is 1. The molecule has 0 atom stereocenters. The highest BCUT2D eigenvalue weighted by Crippen LogP contribution is 2.27. The second-order valence-corrected chi connectivity index (χ2v) is 4.01. The minimum atomic E-state index is 0.0629. The summed E-state index contributed by atoms with van der Waals surface area (Å²) in [6.45, 7) is 0. The number of nitrogens with two attached hydrogens (primary N) is 1. The molecule has 0 fully saturated rings. The van der Waals surface area contributed by atoms with E-state index in [0.717, 1.165) is 5.39 Å². The molecule has 3 rings (SSSR count). The van der Waals surface area contributed by atoms with Crippen LogP contribution < -0.4 is 20.7 Å². The van der Waals surface area contributed by atoms with Crippen molar-refractivity contribution in [2.45, 2.75) is 0 Å². The molecule has 106 valence electrons. The lowest BCUT2D eigenvalue weighted by Gasteiger charge is -2.08. The summed E-state index contributed by atoms with van der Waals surface area (Å²) in [6, 6.07) is 9.54. The van der Waals surface area contributed by atoms with Gasteiger partial charge in [-0.2, -0.15) is 9.97 Å². The summed E-state index contributed by atoms with van der Waals surface area (Å²) in [5.41, 5.74) is 3.04. The highest BCUT2D eigenvalue weighted by Gasteiger charge is 2.10. The first kappa shape index (κ1) is 13.0. The molecule has 8 heteroatoms. The van der Waals surface area contributed by atoms with Crippen molar-refractivity contribution in [2.24, 2.45) is 5.84 Å². The highest BCUT2D eigenvalue weighted by molar-refractivity contribution is 5.84. The zero-order valence-electron chi connectivity index (χ0n) is 11.1. The maximum absolute atomic E-state index is 5.68. The van der Waals surface area contributed by atoms with Crippen molar-refractivity contribution in [1.82, 2.24) is 19.9 Å². The number of fused-ring (bicyclic) bond motifs is 1. The third-order valence-electron chi connectivity index (χ3n) is 2.70. The predicted molar refractivity (Wildman–Crippen MR) is 76.0 cm³/mol. The third kappa shape index (κ3) is 2.65. The van der Waals surface area contributed by atoms with E-state index in [4.69, 9.17) is 15.3 Å². The van der Waals surface area contributed by atoms with Crippen molar-refractivity contribution >= 4 is 16.9 Å².